The van der Waals surface area contributed by atoms with Crippen molar-refractivity contribution in [1.82, 2.24) is 0 Å². The first-order chi connectivity index (χ1) is 15.2. The maximum absolute atomic E-state index is 11.3. The van der Waals surface area contributed by atoms with Gasteiger partial charge in [-0.05, 0) is 52.0 Å². The number of hydrogen-bond acceptors (Lipinski definition) is 3. The first-order valence-electron chi connectivity index (χ1n) is 11.0. The molecule has 0 saturated carbocycles. The molecule has 0 bridgehead atoms. The SMILES string of the molecule is CC1(C)CCC(C)(C)c2cc(COc3c(OC(=O)O)cccc3-c3ccccc3)ccc21. The average molecular weight is 431 g/mol. The molecule has 4 nitrogen and oxygen atoms in total. The summed E-state index contributed by atoms with van der Waals surface area (Å²) in [6, 6.07) is 21.7. The van der Waals surface area contributed by atoms with Crippen LogP contribution in [0.15, 0.2) is 66.7 Å². The highest BCUT2D eigenvalue weighted by Crippen LogP contribution is 2.46. The Bertz CT molecular complexity index is 1130. The quantitative estimate of drug-likeness (QED) is 0.340. The first kappa shape index (κ1) is 21.9. The molecule has 0 spiro atoms. The summed E-state index contributed by atoms with van der Waals surface area (Å²) in [6.45, 7) is 9.54. The topological polar surface area (TPSA) is 55.8 Å². The van der Waals surface area contributed by atoms with Gasteiger partial charge in [0.25, 0.3) is 0 Å². The van der Waals surface area contributed by atoms with Crippen LogP contribution in [0.5, 0.6) is 11.5 Å². The predicted octanol–water partition coefficient (Wildman–Crippen LogP) is 7.34. The van der Waals surface area contributed by atoms with Gasteiger partial charge in [-0.15, -0.1) is 0 Å². The van der Waals surface area contributed by atoms with E-state index in [2.05, 4.69) is 45.9 Å². The highest BCUT2D eigenvalue weighted by Gasteiger charge is 2.36. The van der Waals surface area contributed by atoms with E-state index < -0.39 is 6.16 Å². The van der Waals surface area contributed by atoms with Crippen LogP contribution in [0.2, 0.25) is 0 Å². The lowest BCUT2D eigenvalue weighted by molar-refractivity contribution is 0.142. The number of carbonyl (C=O) groups is 1. The van der Waals surface area contributed by atoms with Gasteiger partial charge >= 0.3 is 6.16 Å². The summed E-state index contributed by atoms with van der Waals surface area (Å²) in [4.78, 5) is 11.3. The van der Waals surface area contributed by atoms with Crippen LogP contribution < -0.4 is 9.47 Å². The maximum Gasteiger partial charge on any atom is 0.511 e. The van der Waals surface area contributed by atoms with Crippen LogP contribution >= 0.6 is 0 Å². The van der Waals surface area contributed by atoms with Gasteiger partial charge in [0.2, 0.25) is 0 Å². The van der Waals surface area contributed by atoms with Crippen molar-refractivity contribution in [2.75, 3.05) is 0 Å². The highest BCUT2D eigenvalue weighted by atomic mass is 16.7. The summed E-state index contributed by atoms with van der Waals surface area (Å²) in [7, 11) is 0. The average Bonchev–Trinajstić information content (AvgIpc) is 2.76. The molecule has 32 heavy (non-hydrogen) atoms. The summed E-state index contributed by atoms with van der Waals surface area (Å²) < 4.78 is 11.3. The van der Waals surface area contributed by atoms with Gasteiger partial charge in [0.05, 0.1) is 0 Å². The van der Waals surface area contributed by atoms with E-state index in [4.69, 9.17) is 9.47 Å². The fraction of sp³-hybridized carbons (Fsp3) is 0.321. The van der Waals surface area contributed by atoms with Crippen LogP contribution in [-0.2, 0) is 17.4 Å². The Labute approximate surface area is 189 Å². The molecule has 0 amide bonds. The second-order valence-electron chi connectivity index (χ2n) is 9.80. The molecule has 4 heteroatoms. The third kappa shape index (κ3) is 4.36. The van der Waals surface area contributed by atoms with Crippen molar-refractivity contribution in [3.8, 4) is 22.6 Å². The summed E-state index contributed by atoms with van der Waals surface area (Å²) in [5, 5.41) is 9.20. The second-order valence-corrected chi connectivity index (χ2v) is 9.80. The number of hydrogen-bond donors (Lipinski definition) is 1. The minimum atomic E-state index is -1.36. The largest absolute Gasteiger partial charge is 0.511 e. The Balaban J connectivity index is 1.69. The number of fused-ring (bicyclic) bond motifs is 1. The number of carboxylic acid groups (broad SMARTS) is 1. The minimum Gasteiger partial charge on any atom is -0.484 e. The van der Waals surface area contributed by atoms with E-state index in [0.717, 1.165) is 23.1 Å². The van der Waals surface area contributed by atoms with Gasteiger partial charge in [0.15, 0.2) is 11.5 Å². The molecular formula is C28H30O4. The van der Waals surface area contributed by atoms with Gasteiger partial charge in [-0.2, -0.15) is 0 Å². The third-order valence-corrected chi connectivity index (χ3v) is 6.56. The molecule has 4 rings (SSSR count). The zero-order valence-corrected chi connectivity index (χ0v) is 19.1. The van der Waals surface area contributed by atoms with Crippen LogP contribution in [-0.4, -0.2) is 11.3 Å². The fourth-order valence-corrected chi connectivity index (χ4v) is 4.57. The molecule has 1 aliphatic rings. The van der Waals surface area contributed by atoms with Crippen molar-refractivity contribution in [2.45, 2.75) is 58.0 Å². The molecule has 0 aliphatic heterocycles. The highest BCUT2D eigenvalue weighted by molar-refractivity contribution is 5.75. The Morgan fingerprint density at radius 2 is 1.56 bits per heavy atom. The van der Waals surface area contributed by atoms with E-state index in [1.54, 1.807) is 12.1 Å². The Kier molecular flexibility index (Phi) is 5.72. The molecule has 1 N–H and O–H groups in total. The lowest BCUT2D eigenvalue weighted by atomic mass is 9.63. The molecule has 0 heterocycles. The molecule has 0 unspecified atom stereocenters. The molecule has 0 radical (unpaired) electrons. The van der Waals surface area contributed by atoms with E-state index in [9.17, 15) is 9.90 Å². The van der Waals surface area contributed by atoms with Gasteiger partial charge in [0, 0.05) is 5.56 Å². The normalized spacial score (nSPS) is 16.1. The monoisotopic (exact) mass is 430 g/mol. The van der Waals surface area contributed by atoms with Crippen molar-refractivity contribution in [1.29, 1.82) is 0 Å². The molecule has 3 aromatic carbocycles. The minimum absolute atomic E-state index is 0.111. The predicted molar refractivity (Wildman–Crippen MR) is 127 cm³/mol. The lowest BCUT2D eigenvalue weighted by Crippen LogP contribution is -2.33. The zero-order valence-electron chi connectivity index (χ0n) is 19.1. The molecule has 1 aliphatic carbocycles. The molecular weight excluding hydrogens is 400 g/mol. The van der Waals surface area contributed by atoms with Crippen molar-refractivity contribution in [3.63, 3.8) is 0 Å². The lowest BCUT2D eigenvalue weighted by Gasteiger charge is -2.42. The van der Waals surface area contributed by atoms with Gasteiger partial charge in [0.1, 0.15) is 6.61 Å². The van der Waals surface area contributed by atoms with Crippen molar-refractivity contribution >= 4 is 6.16 Å². The maximum atomic E-state index is 11.3. The van der Waals surface area contributed by atoms with E-state index in [0.29, 0.717) is 12.4 Å². The molecule has 0 fully saturated rings. The first-order valence-corrected chi connectivity index (χ1v) is 11.0. The molecule has 3 aromatic rings. The van der Waals surface area contributed by atoms with Gasteiger partial charge in [-0.25, -0.2) is 4.79 Å². The van der Waals surface area contributed by atoms with E-state index >= 15 is 0 Å². The van der Waals surface area contributed by atoms with Crippen LogP contribution in [0.3, 0.4) is 0 Å². The molecule has 0 saturated heterocycles. The number of ether oxygens (including phenoxy) is 2. The van der Waals surface area contributed by atoms with Crippen LogP contribution in [0, 0.1) is 0 Å². The summed E-state index contributed by atoms with van der Waals surface area (Å²) in [5.74, 6) is 0.622. The zero-order chi connectivity index (χ0) is 22.9. The van der Waals surface area contributed by atoms with E-state index in [-0.39, 0.29) is 16.6 Å². The van der Waals surface area contributed by atoms with Crippen molar-refractivity contribution in [2.24, 2.45) is 0 Å². The molecule has 0 atom stereocenters. The molecule has 166 valence electrons. The molecule has 0 aromatic heterocycles. The number of para-hydroxylation sites is 1. The van der Waals surface area contributed by atoms with Crippen molar-refractivity contribution < 1.29 is 19.4 Å². The summed E-state index contributed by atoms with van der Waals surface area (Å²) in [5.41, 5.74) is 5.83. The Morgan fingerprint density at radius 1 is 0.875 bits per heavy atom. The smallest absolute Gasteiger partial charge is 0.484 e. The van der Waals surface area contributed by atoms with E-state index in [1.807, 2.05) is 36.4 Å². The fourth-order valence-electron chi connectivity index (χ4n) is 4.57. The van der Waals surface area contributed by atoms with E-state index in [1.165, 1.54) is 17.5 Å². The number of benzene rings is 3. The van der Waals surface area contributed by atoms with Crippen LogP contribution in [0.4, 0.5) is 4.79 Å². The van der Waals surface area contributed by atoms with Gasteiger partial charge in [-0.3, -0.25) is 0 Å². The van der Waals surface area contributed by atoms with Gasteiger partial charge in [-0.1, -0.05) is 88.4 Å². The van der Waals surface area contributed by atoms with Gasteiger partial charge < -0.3 is 14.6 Å². The van der Waals surface area contributed by atoms with Crippen LogP contribution in [0.1, 0.15) is 57.2 Å². The Hall–Kier alpha value is -3.27. The van der Waals surface area contributed by atoms with Crippen molar-refractivity contribution in [3.05, 3.63) is 83.4 Å². The number of rotatable bonds is 5. The standard InChI is InChI=1S/C28H30O4/c1-27(2)15-16-28(3,4)23-17-19(13-14-22(23)27)18-31-25-21(20-9-6-5-7-10-20)11-8-12-24(25)32-26(29)30/h5-14,17H,15-16,18H2,1-4H3,(H,29,30). The van der Waals surface area contributed by atoms with Crippen LogP contribution in [0.25, 0.3) is 11.1 Å². The summed E-state index contributed by atoms with van der Waals surface area (Å²) >= 11 is 0. The Morgan fingerprint density at radius 3 is 2.25 bits per heavy atom. The second kappa shape index (κ2) is 8.34. The summed E-state index contributed by atoms with van der Waals surface area (Å²) in [6.07, 6.45) is 0.950. The third-order valence-electron chi connectivity index (χ3n) is 6.56.